The van der Waals surface area contributed by atoms with E-state index < -0.39 is 15.9 Å². The maximum absolute atomic E-state index is 12.2. The number of amides is 1. The second-order valence-corrected chi connectivity index (χ2v) is 8.16. The lowest BCUT2D eigenvalue weighted by molar-refractivity contribution is -0.120. The molecule has 0 saturated heterocycles. The molecule has 2 aromatic carbocycles. The van der Waals surface area contributed by atoms with Gasteiger partial charge in [-0.05, 0) is 42.8 Å². The summed E-state index contributed by atoms with van der Waals surface area (Å²) in [5, 5.41) is 0.924. The molecule has 0 radical (unpaired) electrons. The van der Waals surface area contributed by atoms with Crippen molar-refractivity contribution in [3.05, 3.63) is 64.3 Å². The van der Waals surface area contributed by atoms with E-state index in [-0.39, 0.29) is 11.3 Å². The van der Waals surface area contributed by atoms with E-state index in [0.29, 0.717) is 0 Å². The lowest BCUT2D eigenvalue weighted by Gasteiger charge is -2.08. The van der Waals surface area contributed by atoms with Gasteiger partial charge in [0.25, 0.3) is 10.0 Å². The molecule has 25 heavy (non-hydrogen) atoms. The minimum absolute atomic E-state index is 0.0552. The number of carbonyl (C=O) groups is 1. The first-order valence-corrected chi connectivity index (χ1v) is 9.77. The zero-order valence-corrected chi connectivity index (χ0v) is 15.7. The van der Waals surface area contributed by atoms with Crippen LogP contribution in [0.3, 0.4) is 0 Å². The Morgan fingerprint density at radius 2 is 1.88 bits per heavy atom. The van der Waals surface area contributed by atoms with Crippen molar-refractivity contribution in [2.75, 3.05) is 0 Å². The first-order valence-electron chi connectivity index (χ1n) is 7.49. The molecule has 3 aromatic rings. The summed E-state index contributed by atoms with van der Waals surface area (Å²) < 4.78 is 25.2. The molecule has 130 valence electrons. The number of aryl methyl sites for hydroxylation is 1. The molecule has 0 spiro atoms. The molecule has 0 aliphatic heterocycles. The van der Waals surface area contributed by atoms with Gasteiger partial charge in [0.15, 0.2) is 0 Å². The number of sulfonamides is 1. The Kier molecular flexibility index (Phi) is 4.94. The maximum atomic E-state index is 12.2. The largest absolute Gasteiger partial charge is 0.358 e. The van der Waals surface area contributed by atoms with Gasteiger partial charge in [0.2, 0.25) is 5.91 Å². The van der Waals surface area contributed by atoms with E-state index >= 15 is 0 Å². The number of hydrogen-bond acceptors (Lipinski definition) is 3. The third-order valence-corrected chi connectivity index (χ3v) is 5.55. The molecule has 0 bridgehead atoms. The van der Waals surface area contributed by atoms with Crippen LogP contribution in [0.1, 0.15) is 11.3 Å². The van der Waals surface area contributed by atoms with Gasteiger partial charge in [0, 0.05) is 21.1 Å². The summed E-state index contributed by atoms with van der Waals surface area (Å²) in [7, 11) is -3.79. The van der Waals surface area contributed by atoms with Crippen LogP contribution in [-0.4, -0.2) is 19.3 Å². The van der Waals surface area contributed by atoms with Gasteiger partial charge < -0.3 is 4.98 Å². The number of rotatable bonds is 5. The number of H-pyrrole nitrogens is 1. The normalized spacial score (nSPS) is 11.6. The highest BCUT2D eigenvalue weighted by molar-refractivity contribution is 9.10. The molecule has 0 aliphatic rings. The summed E-state index contributed by atoms with van der Waals surface area (Å²) >= 11 is 3.42. The van der Waals surface area contributed by atoms with Crippen molar-refractivity contribution < 1.29 is 13.2 Å². The first-order chi connectivity index (χ1) is 11.9. The predicted molar refractivity (Wildman–Crippen MR) is 99.3 cm³/mol. The van der Waals surface area contributed by atoms with E-state index in [2.05, 4.69) is 31.2 Å². The summed E-state index contributed by atoms with van der Waals surface area (Å²) in [6.07, 6.45) is 0.0552. The van der Waals surface area contributed by atoms with Crippen molar-refractivity contribution >= 4 is 42.8 Å². The fraction of sp³-hybridized carbons (Fsp3) is 0.118. The van der Waals surface area contributed by atoms with Crippen LogP contribution in [0.5, 0.6) is 0 Å². The molecule has 0 atom stereocenters. The number of nitrogens with one attached hydrogen (secondary N) is 3. The molecule has 0 fully saturated rings. The van der Waals surface area contributed by atoms with Crippen molar-refractivity contribution in [1.29, 1.82) is 0 Å². The number of aromatic nitrogens is 1. The lowest BCUT2D eigenvalue weighted by Crippen LogP contribution is -2.42. The fourth-order valence-corrected chi connectivity index (χ4v) is 3.81. The predicted octanol–water partition coefficient (Wildman–Crippen LogP) is 2.79. The molecular formula is C17H16BrN3O3S. The van der Waals surface area contributed by atoms with E-state index in [9.17, 15) is 13.2 Å². The third-order valence-electron chi connectivity index (χ3n) is 3.80. The number of halogens is 1. The van der Waals surface area contributed by atoms with Crippen LogP contribution in [0.25, 0.3) is 10.9 Å². The van der Waals surface area contributed by atoms with Gasteiger partial charge in [-0.15, -0.1) is 4.83 Å². The summed E-state index contributed by atoms with van der Waals surface area (Å²) in [6, 6.07) is 13.6. The topological polar surface area (TPSA) is 91.1 Å². The van der Waals surface area contributed by atoms with Crippen molar-refractivity contribution in [2.45, 2.75) is 18.2 Å². The summed E-state index contributed by atoms with van der Waals surface area (Å²) in [5.74, 6) is -0.441. The standard InChI is InChI=1S/C17H16BrN3O3S/c1-11-14(15-9-12(18)7-8-16(15)19-11)10-17(22)20-21-25(23,24)13-5-3-2-4-6-13/h2-9,19,21H,10H2,1H3,(H,20,22). The second-order valence-electron chi connectivity index (χ2n) is 5.56. The Labute approximate surface area is 153 Å². The highest BCUT2D eigenvalue weighted by atomic mass is 79.9. The van der Waals surface area contributed by atoms with E-state index in [1.54, 1.807) is 18.2 Å². The summed E-state index contributed by atoms with van der Waals surface area (Å²) in [4.78, 5) is 17.6. The van der Waals surface area contributed by atoms with E-state index in [1.807, 2.05) is 25.1 Å². The number of fused-ring (bicyclic) bond motifs is 1. The first kappa shape index (κ1) is 17.7. The van der Waals surface area contributed by atoms with Gasteiger partial charge in [-0.2, -0.15) is 0 Å². The van der Waals surface area contributed by atoms with Gasteiger partial charge >= 0.3 is 0 Å². The molecule has 0 saturated carbocycles. The highest BCUT2D eigenvalue weighted by Gasteiger charge is 2.17. The molecular weight excluding hydrogens is 406 g/mol. The van der Waals surface area contributed by atoms with Gasteiger partial charge in [-0.1, -0.05) is 34.1 Å². The Balaban J connectivity index is 1.73. The Hall–Kier alpha value is -2.16. The van der Waals surface area contributed by atoms with Crippen molar-refractivity contribution in [1.82, 2.24) is 15.2 Å². The van der Waals surface area contributed by atoms with Crippen molar-refractivity contribution in [3.8, 4) is 0 Å². The van der Waals surface area contributed by atoms with Crippen molar-refractivity contribution in [3.63, 3.8) is 0 Å². The average molecular weight is 422 g/mol. The van der Waals surface area contributed by atoms with Crippen LogP contribution in [0.15, 0.2) is 57.9 Å². The average Bonchev–Trinajstić information content (AvgIpc) is 2.89. The van der Waals surface area contributed by atoms with Gasteiger partial charge in [-0.3, -0.25) is 10.2 Å². The molecule has 1 heterocycles. The van der Waals surface area contributed by atoms with Crippen LogP contribution in [0, 0.1) is 6.92 Å². The van der Waals surface area contributed by atoms with Gasteiger partial charge in [0.05, 0.1) is 11.3 Å². The minimum atomic E-state index is -3.79. The number of aromatic amines is 1. The van der Waals surface area contributed by atoms with E-state index in [1.165, 1.54) is 12.1 Å². The van der Waals surface area contributed by atoms with Crippen LogP contribution in [-0.2, 0) is 21.2 Å². The molecule has 6 nitrogen and oxygen atoms in total. The van der Waals surface area contributed by atoms with Crippen LogP contribution < -0.4 is 10.3 Å². The monoisotopic (exact) mass is 421 g/mol. The molecule has 3 rings (SSSR count). The van der Waals surface area contributed by atoms with E-state index in [4.69, 9.17) is 0 Å². The quantitative estimate of drug-likeness (QED) is 0.553. The smallest absolute Gasteiger partial charge is 0.257 e. The molecule has 0 aliphatic carbocycles. The molecule has 8 heteroatoms. The Morgan fingerprint density at radius 3 is 2.60 bits per heavy atom. The van der Waals surface area contributed by atoms with Gasteiger partial charge in [-0.25, -0.2) is 8.42 Å². The Bertz CT molecular complexity index is 1030. The van der Waals surface area contributed by atoms with Crippen LogP contribution in [0.4, 0.5) is 0 Å². The van der Waals surface area contributed by atoms with Crippen LogP contribution >= 0.6 is 15.9 Å². The minimum Gasteiger partial charge on any atom is -0.358 e. The SMILES string of the molecule is Cc1[nH]c2ccc(Br)cc2c1CC(=O)NNS(=O)(=O)c1ccccc1. The number of benzene rings is 2. The highest BCUT2D eigenvalue weighted by Crippen LogP contribution is 2.25. The fourth-order valence-electron chi connectivity index (χ4n) is 2.57. The number of hydrogen-bond donors (Lipinski definition) is 3. The molecule has 1 amide bonds. The Morgan fingerprint density at radius 1 is 1.16 bits per heavy atom. The van der Waals surface area contributed by atoms with Crippen molar-refractivity contribution in [2.24, 2.45) is 0 Å². The number of carbonyl (C=O) groups excluding carboxylic acids is 1. The third kappa shape index (κ3) is 3.92. The van der Waals surface area contributed by atoms with E-state index in [0.717, 1.165) is 26.6 Å². The molecule has 0 unspecified atom stereocenters. The zero-order chi connectivity index (χ0) is 18.0. The van der Waals surface area contributed by atoms with Crippen LogP contribution in [0.2, 0.25) is 0 Å². The summed E-state index contributed by atoms with van der Waals surface area (Å²) in [5.41, 5.74) is 4.88. The molecule has 1 aromatic heterocycles. The lowest BCUT2D eigenvalue weighted by atomic mass is 10.1. The van der Waals surface area contributed by atoms with Gasteiger partial charge in [0.1, 0.15) is 0 Å². The zero-order valence-electron chi connectivity index (χ0n) is 13.3. The number of hydrazine groups is 1. The maximum Gasteiger partial charge on any atom is 0.257 e. The molecule has 3 N–H and O–H groups in total. The second kappa shape index (κ2) is 6.99. The summed E-state index contributed by atoms with van der Waals surface area (Å²) in [6.45, 7) is 1.88.